The van der Waals surface area contributed by atoms with Gasteiger partial charge in [-0.25, -0.2) is 19.9 Å². The molecule has 0 atom stereocenters. The van der Waals surface area contributed by atoms with Gasteiger partial charge in [0.25, 0.3) is 0 Å². The summed E-state index contributed by atoms with van der Waals surface area (Å²) in [6.07, 6.45) is 8.47. The Hall–Kier alpha value is -5.50. The predicted molar refractivity (Wildman–Crippen MR) is 199 cm³/mol. The molecule has 0 saturated carbocycles. The molecule has 5 aromatic rings. The SMILES string of the molecule is C#Cc1cccc(Nc2ncnc3cc(OCCOC)c(OCCOCCOCCOCCOc4cc5c(N)ncnc5cc4OCCOC)cc23)c1. The highest BCUT2D eigenvalue weighted by atomic mass is 16.6. The molecule has 53 heavy (non-hydrogen) atoms. The van der Waals surface area contributed by atoms with Crippen molar-refractivity contribution in [2.24, 2.45) is 0 Å². The molecule has 0 saturated heterocycles. The maximum atomic E-state index is 6.09. The van der Waals surface area contributed by atoms with E-state index in [1.54, 1.807) is 26.4 Å². The van der Waals surface area contributed by atoms with Gasteiger partial charge in [-0.2, -0.15) is 0 Å². The van der Waals surface area contributed by atoms with Crippen molar-refractivity contribution in [2.45, 2.75) is 0 Å². The largest absolute Gasteiger partial charge is 0.487 e. The molecule has 0 amide bonds. The van der Waals surface area contributed by atoms with Crippen molar-refractivity contribution in [3.05, 3.63) is 66.7 Å². The van der Waals surface area contributed by atoms with Crippen LogP contribution in [0.4, 0.5) is 17.3 Å². The van der Waals surface area contributed by atoms with Crippen LogP contribution >= 0.6 is 0 Å². The molecule has 3 N–H and O–H groups in total. The average Bonchev–Trinajstić information content (AvgIpc) is 3.17. The number of nitrogens with zero attached hydrogens (tertiary/aromatic N) is 4. The van der Waals surface area contributed by atoms with E-state index < -0.39 is 0 Å². The van der Waals surface area contributed by atoms with E-state index in [4.69, 9.17) is 54.8 Å². The van der Waals surface area contributed by atoms with Crippen LogP contribution < -0.4 is 30.0 Å². The number of hydrogen-bond acceptors (Lipinski definition) is 15. The molecule has 0 aliphatic rings. The first-order valence-corrected chi connectivity index (χ1v) is 17.0. The molecule has 0 aliphatic heterocycles. The van der Waals surface area contributed by atoms with Crippen LogP contribution in [-0.4, -0.2) is 113 Å². The Bertz CT molecular complexity index is 1940. The number of aromatic nitrogens is 4. The second kappa shape index (κ2) is 21.1. The van der Waals surface area contributed by atoms with Gasteiger partial charge >= 0.3 is 0 Å². The topological polar surface area (TPSA) is 173 Å². The summed E-state index contributed by atoms with van der Waals surface area (Å²) in [6.45, 7) is 4.42. The van der Waals surface area contributed by atoms with E-state index in [1.165, 1.54) is 12.7 Å². The minimum absolute atomic E-state index is 0.284. The van der Waals surface area contributed by atoms with Gasteiger partial charge in [-0.15, -0.1) is 6.42 Å². The minimum atomic E-state index is 0.284. The molecule has 15 heteroatoms. The quantitative estimate of drug-likeness (QED) is 0.0674. The zero-order valence-electron chi connectivity index (χ0n) is 29.9. The van der Waals surface area contributed by atoms with E-state index in [9.17, 15) is 0 Å². The molecule has 3 aromatic carbocycles. The van der Waals surface area contributed by atoms with Crippen LogP contribution in [0.15, 0.2) is 61.2 Å². The van der Waals surface area contributed by atoms with Crippen molar-refractivity contribution in [1.29, 1.82) is 0 Å². The molecular formula is C38H44N6O9. The van der Waals surface area contributed by atoms with Gasteiger partial charge in [0.15, 0.2) is 23.0 Å². The average molecular weight is 729 g/mol. The second-order valence-electron chi connectivity index (χ2n) is 11.2. The molecule has 0 aliphatic carbocycles. The third kappa shape index (κ3) is 11.8. The van der Waals surface area contributed by atoms with Gasteiger partial charge in [0, 0.05) is 48.4 Å². The summed E-state index contributed by atoms with van der Waals surface area (Å²) >= 11 is 0. The van der Waals surface area contributed by atoms with Crippen LogP contribution in [0, 0.1) is 12.3 Å². The number of nitrogens with two attached hydrogens (primary N) is 1. The Kier molecular flexibility index (Phi) is 15.4. The summed E-state index contributed by atoms with van der Waals surface area (Å²) in [5.74, 6) is 5.72. The van der Waals surface area contributed by atoms with Crippen molar-refractivity contribution < 1.29 is 42.6 Å². The molecule has 5 rings (SSSR count). The molecule has 0 spiro atoms. The van der Waals surface area contributed by atoms with Crippen molar-refractivity contribution >= 4 is 39.1 Å². The molecule has 0 fully saturated rings. The molecular weight excluding hydrogens is 684 g/mol. The van der Waals surface area contributed by atoms with E-state index in [1.807, 2.05) is 36.4 Å². The fourth-order valence-corrected chi connectivity index (χ4v) is 4.96. The molecule has 2 aromatic heterocycles. The van der Waals surface area contributed by atoms with Crippen LogP contribution in [0.2, 0.25) is 0 Å². The number of anilines is 3. The molecule has 280 valence electrons. The van der Waals surface area contributed by atoms with Gasteiger partial charge < -0.3 is 53.7 Å². The molecule has 0 unspecified atom stereocenters. The third-order valence-electron chi connectivity index (χ3n) is 7.53. The second-order valence-corrected chi connectivity index (χ2v) is 11.2. The number of benzene rings is 3. The number of ether oxygens (including phenoxy) is 9. The molecule has 15 nitrogen and oxygen atoms in total. The first kappa shape index (κ1) is 38.7. The molecule has 0 bridgehead atoms. The van der Waals surface area contributed by atoms with Crippen molar-refractivity contribution in [1.82, 2.24) is 19.9 Å². The number of rotatable bonds is 24. The van der Waals surface area contributed by atoms with E-state index in [-0.39, 0.29) is 6.61 Å². The van der Waals surface area contributed by atoms with E-state index in [0.29, 0.717) is 124 Å². The lowest BCUT2D eigenvalue weighted by Crippen LogP contribution is -2.15. The first-order valence-electron chi connectivity index (χ1n) is 17.0. The number of nitrogens with one attached hydrogen (secondary N) is 1. The molecule has 0 radical (unpaired) electrons. The highest BCUT2D eigenvalue weighted by Crippen LogP contribution is 2.36. The summed E-state index contributed by atoms with van der Waals surface area (Å²) in [6, 6.07) is 14.7. The first-order chi connectivity index (χ1) is 26.1. The Balaban J connectivity index is 1.01. The van der Waals surface area contributed by atoms with Crippen LogP contribution in [0.25, 0.3) is 21.8 Å². The van der Waals surface area contributed by atoms with Gasteiger partial charge in [0.1, 0.15) is 50.7 Å². The number of fused-ring (bicyclic) bond motifs is 2. The Morgan fingerprint density at radius 3 is 1.64 bits per heavy atom. The van der Waals surface area contributed by atoms with Crippen molar-refractivity contribution in [2.75, 3.05) is 105 Å². The van der Waals surface area contributed by atoms with Gasteiger partial charge in [-0.3, -0.25) is 0 Å². The minimum Gasteiger partial charge on any atom is -0.487 e. The number of methoxy groups -OCH3 is 2. The normalized spacial score (nSPS) is 11.0. The summed E-state index contributed by atoms with van der Waals surface area (Å²) in [7, 11) is 3.23. The Morgan fingerprint density at radius 1 is 0.585 bits per heavy atom. The lowest BCUT2D eigenvalue weighted by molar-refractivity contribution is 0.00470. The summed E-state index contributed by atoms with van der Waals surface area (Å²) < 4.78 is 51.1. The lowest BCUT2D eigenvalue weighted by atomic mass is 10.2. The number of nitrogen functional groups attached to an aromatic ring is 1. The van der Waals surface area contributed by atoms with Gasteiger partial charge in [0.2, 0.25) is 0 Å². The van der Waals surface area contributed by atoms with Gasteiger partial charge in [-0.1, -0.05) is 12.0 Å². The zero-order chi connectivity index (χ0) is 37.1. The highest BCUT2D eigenvalue weighted by molar-refractivity contribution is 5.93. The van der Waals surface area contributed by atoms with Crippen LogP contribution in [-0.2, 0) is 23.7 Å². The summed E-state index contributed by atoms with van der Waals surface area (Å²) in [4.78, 5) is 17.2. The Morgan fingerprint density at radius 2 is 1.08 bits per heavy atom. The van der Waals surface area contributed by atoms with Crippen LogP contribution in [0.5, 0.6) is 23.0 Å². The maximum absolute atomic E-state index is 6.09. The van der Waals surface area contributed by atoms with E-state index >= 15 is 0 Å². The van der Waals surface area contributed by atoms with Crippen LogP contribution in [0.1, 0.15) is 5.56 Å². The maximum Gasteiger partial charge on any atom is 0.163 e. The number of hydrogen-bond donors (Lipinski definition) is 2. The molecule has 2 heterocycles. The highest BCUT2D eigenvalue weighted by Gasteiger charge is 2.14. The zero-order valence-corrected chi connectivity index (χ0v) is 29.9. The fraction of sp³-hybridized carbons (Fsp3) is 0.368. The lowest BCUT2D eigenvalue weighted by Gasteiger charge is -2.15. The predicted octanol–water partition coefficient (Wildman–Crippen LogP) is 4.44. The van der Waals surface area contributed by atoms with Gasteiger partial charge in [0.05, 0.1) is 63.9 Å². The number of terminal acetylenes is 1. The van der Waals surface area contributed by atoms with Gasteiger partial charge in [-0.05, 0) is 30.3 Å². The summed E-state index contributed by atoms with van der Waals surface area (Å²) in [5.41, 5.74) is 8.93. The van der Waals surface area contributed by atoms with Crippen molar-refractivity contribution in [3.63, 3.8) is 0 Å². The fourth-order valence-electron chi connectivity index (χ4n) is 4.96. The monoisotopic (exact) mass is 728 g/mol. The van der Waals surface area contributed by atoms with E-state index in [0.717, 1.165) is 16.6 Å². The standard InChI is InChI=1S/C38H44N6O9/c1-4-27-6-5-7-28(20-27)44-38-30-22-34(36(51-17-9-46-3)24-32(30)41-26-43-38)53-19-15-49-13-11-47-10-12-48-14-18-52-33-21-29-31(40-25-42-37(29)39)23-35(33)50-16-8-45-2/h1,5-7,20-26H,8-19H2,2-3H3,(H2,39,40,42)(H,41,43,44). The van der Waals surface area contributed by atoms with Crippen LogP contribution in [0.3, 0.4) is 0 Å². The van der Waals surface area contributed by atoms with E-state index in [2.05, 4.69) is 31.2 Å². The summed E-state index contributed by atoms with van der Waals surface area (Å²) in [5, 5.41) is 4.75. The Labute approximate surface area is 308 Å². The van der Waals surface area contributed by atoms with Crippen molar-refractivity contribution in [3.8, 4) is 35.3 Å². The third-order valence-corrected chi connectivity index (χ3v) is 7.53. The smallest absolute Gasteiger partial charge is 0.163 e.